The van der Waals surface area contributed by atoms with Crippen LogP contribution in [0.15, 0.2) is 30.3 Å². The van der Waals surface area contributed by atoms with Crippen LogP contribution in [-0.2, 0) is 5.54 Å². The Balaban J connectivity index is 2.98. The molecular weight excluding hydrogens is 148 g/mol. The molecule has 0 heterocycles. The molecule has 0 amide bonds. The summed E-state index contributed by atoms with van der Waals surface area (Å²) in [5.74, 6) is 0. The molecule has 4 N–H and O–H groups in total. The molecule has 12 heavy (non-hydrogen) atoms. The van der Waals surface area contributed by atoms with E-state index in [1.807, 2.05) is 44.2 Å². The molecule has 0 saturated heterocycles. The van der Waals surface area contributed by atoms with Gasteiger partial charge in [-0.1, -0.05) is 30.3 Å². The van der Waals surface area contributed by atoms with E-state index in [-0.39, 0.29) is 6.04 Å². The van der Waals surface area contributed by atoms with Crippen LogP contribution in [0.25, 0.3) is 0 Å². The summed E-state index contributed by atoms with van der Waals surface area (Å²) in [5, 5.41) is 0. The molecule has 1 rings (SSSR count). The van der Waals surface area contributed by atoms with Crippen LogP contribution in [0.3, 0.4) is 0 Å². The van der Waals surface area contributed by atoms with E-state index in [9.17, 15) is 0 Å². The summed E-state index contributed by atoms with van der Waals surface area (Å²) in [6.07, 6.45) is 0. The minimum atomic E-state index is -0.429. The lowest BCUT2D eigenvalue weighted by Gasteiger charge is -2.29. The summed E-state index contributed by atoms with van der Waals surface area (Å²) in [4.78, 5) is 0. The molecule has 2 unspecified atom stereocenters. The van der Waals surface area contributed by atoms with E-state index in [1.165, 1.54) is 0 Å². The number of nitrogens with two attached hydrogens (primary N) is 2. The van der Waals surface area contributed by atoms with Gasteiger partial charge in [-0.05, 0) is 19.4 Å². The monoisotopic (exact) mass is 164 g/mol. The van der Waals surface area contributed by atoms with E-state index >= 15 is 0 Å². The molecule has 2 atom stereocenters. The van der Waals surface area contributed by atoms with E-state index in [2.05, 4.69) is 0 Å². The summed E-state index contributed by atoms with van der Waals surface area (Å²) < 4.78 is 0. The highest BCUT2D eigenvalue weighted by Gasteiger charge is 2.24. The van der Waals surface area contributed by atoms with Crippen molar-refractivity contribution in [1.82, 2.24) is 0 Å². The highest BCUT2D eigenvalue weighted by atomic mass is 14.8. The SMILES string of the molecule is CC(N)C(C)(N)c1ccccc1. The lowest BCUT2D eigenvalue weighted by Crippen LogP contribution is -2.48. The highest BCUT2D eigenvalue weighted by Crippen LogP contribution is 2.19. The fourth-order valence-electron chi connectivity index (χ4n) is 1.06. The Kier molecular flexibility index (Phi) is 2.50. The molecule has 2 heteroatoms. The van der Waals surface area contributed by atoms with Crippen molar-refractivity contribution in [2.75, 3.05) is 0 Å². The van der Waals surface area contributed by atoms with Crippen LogP contribution >= 0.6 is 0 Å². The van der Waals surface area contributed by atoms with Gasteiger partial charge in [0.25, 0.3) is 0 Å². The van der Waals surface area contributed by atoms with Gasteiger partial charge in [0.05, 0.1) is 5.54 Å². The molecule has 0 bridgehead atoms. The van der Waals surface area contributed by atoms with Gasteiger partial charge in [-0.2, -0.15) is 0 Å². The van der Waals surface area contributed by atoms with Gasteiger partial charge in [0.15, 0.2) is 0 Å². The third-order valence-corrected chi connectivity index (χ3v) is 2.34. The zero-order valence-corrected chi connectivity index (χ0v) is 7.62. The minimum Gasteiger partial charge on any atom is -0.326 e. The number of hydrogen-bond acceptors (Lipinski definition) is 2. The van der Waals surface area contributed by atoms with Crippen molar-refractivity contribution in [1.29, 1.82) is 0 Å². The van der Waals surface area contributed by atoms with Gasteiger partial charge >= 0.3 is 0 Å². The summed E-state index contributed by atoms with van der Waals surface area (Å²) in [6, 6.07) is 9.89. The predicted octanol–water partition coefficient (Wildman–Crippen LogP) is 1.21. The van der Waals surface area contributed by atoms with Gasteiger partial charge < -0.3 is 11.5 Å². The zero-order chi connectivity index (χ0) is 9.19. The summed E-state index contributed by atoms with van der Waals surface area (Å²) in [7, 11) is 0. The molecule has 0 fully saturated rings. The second-order valence-electron chi connectivity index (χ2n) is 3.44. The summed E-state index contributed by atoms with van der Waals surface area (Å²) in [5.41, 5.74) is 12.5. The normalized spacial score (nSPS) is 18.3. The van der Waals surface area contributed by atoms with Gasteiger partial charge in [0.1, 0.15) is 0 Å². The zero-order valence-electron chi connectivity index (χ0n) is 7.62. The van der Waals surface area contributed by atoms with E-state index in [0.29, 0.717) is 0 Å². The van der Waals surface area contributed by atoms with E-state index in [4.69, 9.17) is 11.5 Å². The maximum atomic E-state index is 6.06. The lowest BCUT2D eigenvalue weighted by atomic mass is 9.87. The maximum Gasteiger partial charge on any atom is 0.0531 e. The standard InChI is InChI=1S/C10H16N2/c1-8(11)10(2,12)9-6-4-3-5-7-9/h3-8H,11-12H2,1-2H3. The van der Waals surface area contributed by atoms with Gasteiger partial charge in [-0.25, -0.2) is 0 Å². The predicted molar refractivity (Wildman–Crippen MR) is 51.6 cm³/mol. The average molecular weight is 164 g/mol. The first-order chi connectivity index (χ1) is 5.55. The first-order valence-electron chi connectivity index (χ1n) is 4.15. The van der Waals surface area contributed by atoms with Crippen molar-refractivity contribution in [3.63, 3.8) is 0 Å². The molecule has 66 valence electrons. The molecule has 2 nitrogen and oxygen atoms in total. The Labute approximate surface area is 73.6 Å². The first-order valence-corrected chi connectivity index (χ1v) is 4.15. The van der Waals surface area contributed by atoms with Crippen LogP contribution in [0, 0.1) is 0 Å². The third-order valence-electron chi connectivity index (χ3n) is 2.34. The van der Waals surface area contributed by atoms with Crippen LogP contribution in [0.1, 0.15) is 19.4 Å². The van der Waals surface area contributed by atoms with Crippen LogP contribution in [0.4, 0.5) is 0 Å². The first kappa shape index (κ1) is 9.23. The second kappa shape index (κ2) is 3.25. The Bertz CT molecular complexity index is 239. The quantitative estimate of drug-likeness (QED) is 0.690. The molecule has 0 aromatic heterocycles. The van der Waals surface area contributed by atoms with Crippen molar-refractivity contribution in [3.8, 4) is 0 Å². The molecule has 0 radical (unpaired) electrons. The molecule has 1 aromatic rings. The smallest absolute Gasteiger partial charge is 0.0531 e. The fraction of sp³-hybridized carbons (Fsp3) is 0.400. The minimum absolute atomic E-state index is 0.0418. The van der Waals surface area contributed by atoms with Crippen LogP contribution in [0.5, 0.6) is 0 Å². The van der Waals surface area contributed by atoms with E-state index in [0.717, 1.165) is 5.56 Å². The molecular formula is C10H16N2. The summed E-state index contributed by atoms with van der Waals surface area (Å²) >= 11 is 0. The Morgan fingerprint density at radius 2 is 1.75 bits per heavy atom. The number of hydrogen-bond donors (Lipinski definition) is 2. The van der Waals surface area contributed by atoms with Crippen molar-refractivity contribution >= 4 is 0 Å². The number of benzene rings is 1. The molecule has 0 aliphatic heterocycles. The van der Waals surface area contributed by atoms with Crippen LogP contribution in [-0.4, -0.2) is 6.04 Å². The van der Waals surface area contributed by atoms with E-state index in [1.54, 1.807) is 0 Å². The van der Waals surface area contributed by atoms with Crippen molar-refractivity contribution in [2.45, 2.75) is 25.4 Å². The fourth-order valence-corrected chi connectivity index (χ4v) is 1.06. The molecule has 1 aromatic carbocycles. The molecule has 0 spiro atoms. The molecule has 0 aliphatic carbocycles. The lowest BCUT2D eigenvalue weighted by molar-refractivity contribution is 0.410. The second-order valence-corrected chi connectivity index (χ2v) is 3.44. The van der Waals surface area contributed by atoms with E-state index < -0.39 is 5.54 Å². The van der Waals surface area contributed by atoms with Crippen molar-refractivity contribution < 1.29 is 0 Å². The Morgan fingerprint density at radius 3 is 2.17 bits per heavy atom. The molecule has 0 saturated carbocycles. The van der Waals surface area contributed by atoms with Crippen LogP contribution in [0.2, 0.25) is 0 Å². The van der Waals surface area contributed by atoms with Gasteiger partial charge in [0, 0.05) is 6.04 Å². The van der Waals surface area contributed by atoms with Gasteiger partial charge in [-0.15, -0.1) is 0 Å². The van der Waals surface area contributed by atoms with Gasteiger partial charge in [0.2, 0.25) is 0 Å². The molecule has 0 aliphatic rings. The third kappa shape index (κ3) is 1.65. The van der Waals surface area contributed by atoms with Crippen LogP contribution < -0.4 is 11.5 Å². The Hall–Kier alpha value is -0.860. The largest absolute Gasteiger partial charge is 0.326 e. The summed E-state index contributed by atoms with van der Waals surface area (Å²) in [6.45, 7) is 3.88. The topological polar surface area (TPSA) is 52.0 Å². The van der Waals surface area contributed by atoms with Crippen molar-refractivity contribution in [3.05, 3.63) is 35.9 Å². The average Bonchev–Trinajstić information content (AvgIpc) is 2.06. The number of rotatable bonds is 2. The highest BCUT2D eigenvalue weighted by molar-refractivity contribution is 5.24. The van der Waals surface area contributed by atoms with Crippen molar-refractivity contribution in [2.24, 2.45) is 11.5 Å². The Morgan fingerprint density at radius 1 is 1.25 bits per heavy atom. The maximum absolute atomic E-state index is 6.06. The van der Waals surface area contributed by atoms with Gasteiger partial charge in [-0.3, -0.25) is 0 Å².